The molecule has 1 aromatic carbocycles. The standard InChI is InChI=1S/C15H18O/c1-3-15-9-8-14(2,13(16)10-15)11-6-4-5-7-12(11)15/h4-7H,3,8-10H2,1-2H3/t14-,15?/m1/s1. The fourth-order valence-electron chi connectivity index (χ4n) is 3.65. The molecule has 0 spiro atoms. The van der Waals surface area contributed by atoms with Crippen molar-refractivity contribution in [2.75, 3.05) is 0 Å². The van der Waals surface area contributed by atoms with Crippen LogP contribution in [0.2, 0.25) is 0 Å². The Morgan fingerprint density at radius 3 is 2.50 bits per heavy atom. The zero-order valence-electron chi connectivity index (χ0n) is 10.0. The van der Waals surface area contributed by atoms with Crippen LogP contribution in [0.4, 0.5) is 0 Å². The Morgan fingerprint density at radius 2 is 1.88 bits per heavy atom. The number of Topliss-reactive ketones (excluding diaryl/α,β-unsaturated/α-hetero) is 1. The van der Waals surface area contributed by atoms with Gasteiger partial charge in [-0.25, -0.2) is 0 Å². The Kier molecular flexibility index (Phi) is 1.87. The molecule has 1 unspecified atom stereocenters. The Hall–Kier alpha value is -1.11. The van der Waals surface area contributed by atoms with Gasteiger partial charge in [0, 0.05) is 11.8 Å². The van der Waals surface area contributed by atoms with E-state index in [4.69, 9.17) is 0 Å². The first-order valence-corrected chi connectivity index (χ1v) is 6.26. The Balaban J connectivity index is 2.30. The number of carbonyl (C=O) groups excluding carboxylic acids is 1. The van der Waals surface area contributed by atoms with Gasteiger partial charge in [-0.15, -0.1) is 0 Å². The minimum Gasteiger partial charge on any atom is -0.299 e. The summed E-state index contributed by atoms with van der Waals surface area (Å²) in [5, 5.41) is 0. The molecule has 1 saturated carbocycles. The van der Waals surface area contributed by atoms with Crippen LogP contribution in [0.3, 0.4) is 0 Å². The van der Waals surface area contributed by atoms with Crippen molar-refractivity contribution in [3.63, 3.8) is 0 Å². The quantitative estimate of drug-likeness (QED) is 0.700. The van der Waals surface area contributed by atoms with Crippen molar-refractivity contribution in [1.82, 2.24) is 0 Å². The second-order valence-corrected chi connectivity index (χ2v) is 5.61. The molecule has 0 aliphatic heterocycles. The van der Waals surface area contributed by atoms with Gasteiger partial charge in [-0.1, -0.05) is 31.2 Å². The number of rotatable bonds is 1. The molecule has 1 aromatic rings. The van der Waals surface area contributed by atoms with Crippen LogP contribution in [-0.4, -0.2) is 5.78 Å². The molecule has 2 atom stereocenters. The van der Waals surface area contributed by atoms with Crippen LogP contribution in [0.15, 0.2) is 24.3 Å². The maximum Gasteiger partial charge on any atom is 0.144 e. The topological polar surface area (TPSA) is 17.1 Å². The molecule has 0 saturated heterocycles. The first-order valence-electron chi connectivity index (χ1n) is 6.26. The summed E-state index contributed by atoms with van der Waals surface area (Å²) in [5.41, 5.74) is 2.73. The monoisotopic (exact) mass is 214 g/mol. The van der Waals surface area contributed by atoms with Crippen molar-refractivity contribution in [1.29, 1.82) is 0 Å². The summed E-state index contributed by atoms with van der Waals surface area (Å²) < 4.78 is 0. The van der Waals surface area contributed by atoms with E-state index in [1.807, 2.05) is 0 Å². The molecule has 0 amide bonds. The molecule has 0 aromatic heterocycles. The highest BCUT2D eigenvalue weighted by atomic mass is 16.1. The molecule has 1 fully saturated rings. The van der Waals surface area contributed by atoms with E-state index >= 15 is 0 Å². The summed E-state index contributed by atoms with van der Waals surface area (Å²) in [4.78, 5) is 12.3. The summed E-state index contributed by atoms with van der Waals surface area (Å²) >= 11 is 0. The highest BCUT2D eigenvalue weighted by Crippen LogP contribution is 2.55. The van der Waals surface area contributed by atoms with Crippen LogP contribution < -0.4 is 0 Å². The number of fused-ring (bicyclic) bond motifs is 2. The average molecular weight is 214 g/mol. The zero-order chi connectivity index (χ0) is 11.4. The van der Waals surface area contributed by atoms with Crippen molar-refractivity contribution in [2.45, 2.75) is 50.4 Å². The van der Waals surface area contributed by atoms with Gasteiger partial charge in [-0.2, -0.15) is 0 Å². The number of hydrogen-bond donors (Lipinski definition) is 0. The molecular weight excluding hydrogens is 196 g/mol. The van der Waals surface area contributed by atoms with E-state index in [9.17, 15) is 4.79 Å². The van der Waals surface area contributed by atoms with Gasteiger partial charge in [0.2, 0.25) is 0 Å². The van der Waals surface area contributed by atoms with E-state index in [1.54, 1.807) is 0 Å². The molecule has 16 heavy (non-hydrogen) atoms. The van der Waals surface area contributed by atoms with Crippen LogP contribution in [0.25, 0.3) is 0 Å². The maximum atomic E-state index is 12.3. The van der Waals surface area contributed by atoms with Gasteiger partial charge in [-0.05, 0) is 37.3 Å². The van der Waals surface area contributed by atoms with Crippen molar-refractivity contribution >= 4 is 5.78 Å². The minimum absolute atomic E-state index is 0.158. The second kappa shape index (κ2) is 2.97. The third kappa shape index (κ3) is 0.991. The fraction of sp³-hybridized carbons (Fsp3) is 0.533. The molecule has 1 heteroatoms. The second-order valence-electron chi connectivity index (χ2n) is 5.61. The van der Waals surface area contributed by atoms with Crippen LogP contribution in [0, 0.1) is 0 Å². The highest BCUT2D eigenvalue weighted by Gasteiger charge is 2.53. The molecule has 3 aliphatic carbocycles. The minimum atomic E-state index is -0.187. The lowest BCUT2D eigenvalue weighted by atomic mass is 9.50. The summed E-state index contributed by atoms with van der Waals surface area (Å²) in [5.74, 6) is 0.458. The van der Waals surface area contributed by atoms with Crippen LogP contribution in [0.5, 0.6) is 0 Å². The predicted octanol–water partition coefficient (Wildman–Crippen LogP) is 3.36. The lowest BCUT2D eigenvalue weighted by molar-refractivity contribution is -0.129. The molecular formula is C15H18O. The van der Waals surface area contributed by atoms with Crippen molar-refractivity contribution in [3.8, 4) is 0 Å². The molecule has 2 bridgehead atoms. The molecule has 0 N–H and O–H groups in total. The van der Waals surface area contributed by atoms with Gasteiger partial charge in [0.15, 0.2) is 0 Å². The van der Waals surface area contributed by atoms with Crippen LogP contribution >= 0.6 is 0 Å². The predicted molar refractivity (Wildman–Crippen MR) is 64.6 cm³/mol. The first kappa shape index (κ1) is 10.1. The Labute approximate surface area is 96.9 Å². The van der Waals surface area contributed by atoms with Crippen LogP contribution in [0.1, 0.15) is 50.7 Å². The molecule has 0 radical (unpaired) electrons. The van der Waals surface area contributed by atoms with E-state index in [1.165, 1.54) is 17.5 Å². The number of ketones is 1. The summed E-state index contributed by atoms with van der Waals surface area (Å²) in [6.07, 6.45) is 4.07. The van der Waals surface area contributed by atoms with E-state index in [0.717, 1.165) is 19.3 Å². The number of carbonyl (C=O) groups is 1. The van der Waals surface area contributed by atoms with Gasteiger partial charge >= 0.3 is 0 Å². The van der Waals surface area contributed by atoms with Gasteiger partial charge in [0.25, 0.3) is 0 Å². The van der Waals surface area contributed by atoms with E-state index < -0.39 is 0 Å². The van der Waals surface area contributed by atoms with E-state index in [0.29, 0.717) is 5.78 Å². The van der Waals surface area contributed by atoms with Gasteiger partial charge in [0.05, 0.1) is 5.41 Å². The normalized spacial score (nSPS) is 36.2. The summed E-state index contributed by atoms with van der Waals surface area (Å²) in [7, 11) is 0. The average Bonchev–Trinajstić information content (AvgIpc) is 2.32. The largest absolute Gasteiger partial charge is 0.299 e. The van der Waals surface area contributed by atoms with Gasteiger partial charge < -0.3 is 0 Å². The molecule has 84 valence electrons. The summed E-state index contributed by atoms with van der Waals surface area (Å²) in [6.45, 7) is 4.35. The highest BCUT2D eigenvalue weighted by molar-refractivity contribution is 5.94. The van der Waals surface area contributed by atoms with Crippen molar-refractivity contribution in [2.24, 2.45) is 0 Å². The number of benzene rings is 1. The summed E-state index contributed by atoms with van der Waals surface area (Å²) in [6, 6.07) is 8.59. The molecule has 3 aliphatic rings. The zero-order valence-corrected chi connectivity index (χ0v) is 10.0. The smallest absolute Gasteiger partial charge is 0.144 e. The lowest BCUT2D eigenvalue weighted by Gasteiger charge is -2.52. The van der Waals surface area contributed by atoms with E-state index in [-0.39, 0.29) is 10.8 Å². The van der Waals surface area contributed by atoms with Crippen molar-refractivity contribution in [3.05, 3.63) is 35.4 Å². The molecule has 4 rings (SSSR count). The fourth-order valence-corrected chi connectivity index (χ4v) is 3.65. The SMILES string of the molecule is CCC12CC[C@@](C)(C(=O)C1)c1ccccc12. The lowest BCUT2D eigenvalue weighted by Crippen LogP contribution is -2.51. The molecule has 0 heterocycles. The number of hydrogen-bond acceptors (Lipinski definition) is 1. The Morgan fingerprint density at radius 1 is 1.19 bits per heavy atom. The third-order valence-electron chi connectivity index (χ3n) is 4.99. The maximum absolute atomic E-state index is 12.3. The first-order chi connectivity index (χ1) is 7.62. The van der Waals surface area contributed by atoms with Crippen LogP contribution in [-0.2, 0) is 15.6 Å². The van der Waals surface area contributed by atoms with Crippen molar-refractivity contribution < 1.29 is 4.79 Å². The van der Waals surface area contributed by atoms with Gasteiger partial charge in [-0.3, -0.25) is 4.79 Å². The third-order valence-corrected chi connectivity index (χ3v) is 4.99. The van der Waals surface area contributed by atoms with Gasteiger partial charge in [0.1, 0.15) is 5.78 Å². The van der Waals surface area contributed by atoms with E-state index in [2.05, 4.69) is 38.1 Å². The molecule has 1 nitrogen and oxygen atoms in total. The Bertz CT molecular complexity index is 462.